The first kappa shape index (κ1) is 22.4. The topological polar surface area (TPSA) is 93.5 Å². The summed E-state index contributed by atoms with van der Waals surface area (Å²) in [7, 11) is -3.69. The molecule has 0 aliphatic carbocycles. The molecular weight excluding hydrogens is 416 g/mol. The van der Waals surface area contributed by atoms with Gasteiger partial charge in [0, 0.05) is 18.9 Å². The van der Waals surface area contributed by atoms with E-state index in [4.69, 9.17) is 4.74 Å². The summed E-state index contributed by atoms with van der Waals surface area (Å²) >= 11 is 0. The lowest BCUT2D eigenvalue weighted by molar-refractivity contribution is -0.122. The third-order valence-corrected chi connectivity index (χ3v) is 5.96. The van der Waals surface area contributed by atoms with Crippen LogP contribution in [-0.2, 0) is 21.4 Å². The summed E-state index contributed by atoms with van der Waals surface area (Å²) in [6.07, 6.45) is 6.26. The molecule has 2 aromatic carbocycles. The summed E-state index contributed by atoms with van der Waals surface area (Å²) in [5, 5.41) is 2.85. The fraction of sp³-hybridized carbons (Fsp3) is 0.273. The molecule has 0 saturated carbocycles. The molecule has 0 unspecified atom stereocenters. The van der Waals surface area contributed by atoms with Crippen LogP contribution in [0.25, 0.3) is 5.69 Å². The van der Waals surface area contributed by atoms with E-state index in [1.54, 1.807) is 43.7 Å². The summed E-state index contributed by atoms with van der Waals surface area (Å²) in [6.45, 7) is 4.19. The van der Waals surface area contributed by atoms with E-state index in [0.717, 1.165) is 21.8 Å². The highest BCUT2D eigenvalue weighted by Crippen LogP contribution is 2.24. The molecule has 31 heavy (non-hydrogen) atoms. The van der Waals surface area contributed by atoms with Crippen molar-refractivity contribution in [2.75, 3.05) is 17.2 Å². The molecule has 9 heteroatoms. The number of anilines is 1. The number of hydrogen-bond donors (Lipinski definition) is 1. The van der Waals surface area contributed by atoms with E-state index < -0.39 is 22.0 Å². The fourth-order valence-electron chi connectivity index (χ4n) is 3.31. The van der Waals surface area contributed by atoms with Crippen LogP contribution >= 0.6 is 0 Å². The zero-order chi connectivity index (χ0) is 22.4. The fourth-order valence-corrected chi connectivity index (χ4v) is 4.48. The van der Waals surface area contributed by atoms with E-state index in [1.807, 2.05) is 42.0 Å². The standard InChI is InChI=1S/C22H26N4O4S/c1-4-30-20-11-9-19(10-12-20)26(31(3,28)29)17(2)22(27)24-15-18-7-5-6-8-21(18)25-14-13-23-16-25/h5-14,16-17H,4,15H2,1-3H3,(H,24,27)/t17-/m1/s1. The van der Waals surface area contributed by atoms with E-state index in [-0.39, 0.29) is 6.54 Å². The second-order valence-electron chi connectivity index (χ2n) is 6.98. The number of carbonyl (C=O) groups is 1. The van der Waals surface area contributed by atoms with Crippen LogP contribution in [-0.4, -0.2) is 42.8 Å². The first-order valence-electron chi connectivity index (χ1n) is 9.87. The van der Waals surface area contributed by atoms with Crippen LogP contribution in [0.3, 0.4) is 0 Å². The second-order valence-corrected chi connectivity index (χ2v) is 8.84. The van der Waals surface area contributed by atoms with Gasteiger partial charge < -0.3 is 14.6 Å². The van der Waals surface area contributed by atoms with E-state index in [0.29, 0.717) is 18.0 Å². The normalized spacial score (nSPS) is 12.2. The predicted molar refractivity (Wildman–Crippen MR) is 120 cm³/mol. The molecule has 164 valence electrons. The van der Waals surface area contributed by atoms with Gasteiger partial charge in [0.05, 0.1) is 30.6 Å². The molecular formula is C22H26N4O4S. The van der Waals surface area contributed by atoms with Crippen molar-refractivity contribution < 1.29 is 17.9 Å². The molecule has 1 aromatic heterocycles. The molecule has 0 aliphatic heterocycles. The Labute approximate surface area is 182 Å². The largest absolute Gasteiger partial charge is 0.494 e. The molecule has 1 N–H and O–H groups in total. The number of amides is 1. The van der Waals surface area contributed by atoms with Gasteiger partial charge in [-0.2, -0.15) is 0 Å². The monoisotopic (exact) mass is 442 g/mol. The van der Waals surface area contributed by atoms with Crippen molar-refractivity contribution in [2.24, 2.45) is 0 Å². The molecule has 1 amide bonds. The summed E-state index contributed by atoms with van der Waals surface area (Å²) in [6, 6.07) is 13.3. The van der Waals surface area contributed by atoms with Gasteiger partial charge in [-0.3, -0.25) is 9.10 Å². The maximum Gasteiger partial charge on any atom is 0.243 e. The number of imidazole rings is 1. The Bertz CT molecular complexity index is 1110. The molecule has 8 nitrogen and oxygen atoms in total. The first-order valence-corrected chi connectivity index (χ1v) is 11.7. The maximum atomic E-state index is 12.9. The first-order chi connectivity index (χ1) is 14.8. The maximum absolute atomic E-state index is 12.9. The van der Waals surface area contributed by atoms with Gasteiger partial charge in [0.2, 0.25) is 15.9 Å². The lowest BCUT2D eigenvalue weighted by Gasteiger charge is -2.28. The molecule has 0 bridgehead atoms. The summed E-state index contributed by atoms with van der Waals surface area (Å²) in [5.41, 5.74) is 2.17. The molecule has 0 radical (unpaired) electrons. The van der Waals surface area contributed by atoms with Crippen LogP contribution < -0.4 is 14.4 Å². The Morgan fingerprint density at radius 1 is 1.19 bits per heavy atom. The van der Waals surface area contributed by atoms with Crippen LogP contribution in [0.5, 0.6) is 5.75 Å². The van der Waals surface area contributed by atoms with Crippen LogP contribution in [0.2, 0.25) is 0 Å². The molecule has 0 aliphatic rings. The van der Waals surface area contributed by atoms with E-state index in [1.165, 1.54) is 0 Å². The van der Waals surface area contributed by atoms with Crippen molar-refractivity contribution in [3.63, 3.8) is 0 Å². The molecule has 1 atom stereocenters. The van der Waals surface area contributed by atoms with Crippen molar-refractivity contribution in [2.45, 2.75) is 26.4 Å². The number of carbonyl (C=O) groups excluding carboxylic acids is 1. The van der Waals surface area contributed by atoms with Crippen LogP contribution in [0.1, 0.15) is 19.4 Å². The van der Waals surface area contributed by atoms with Crippen LogP contribution in [0.15, 0.2) is 67.3 Å². The van der Waals surface area contributed by atoms with Gasteiger partial charge in [0.15, 0.2) is 0 Å². The quantitative estimate of drug-likeness (QED) is 0.550. The van der Waals surface area contributed by atoms with Crippen LogP contribution in [0, 0.1) is 0 Å². The zero-order valence-electron chi connectivity index (χ0n) is 17.7. The summed E-state index contributed by atoms with van der Waals surface area (Å²) < 4.78 is 33.3. The molecule has 0 fully saturated rings. The van der Waals surface area contributed by atoms with Gasteiger partial charge in [0.25, 0.3) is 0 Å². The van der Waals surface area contributed by atoms with Gasteiger partial charge in [0.1, 0.15) is 11.8 Å². The molecule has 3 rings (SSSR count). The second kappa shape index (κ2) is 9.65. The number of nitrogens with one attached hydrogen (secondary N) is 1. The van der Waals surface area contributed by atoms with Gasteiger partial charge >= 0.3 is 0 Å². The minimum Gasteiger partial charge on any atom is -0.494 e. The van der Waals surface area contributed by atoms with Crippen molar-refractivity contribution in [3.05, 3.63) is 72.8 Å². The van der Waals surface area contributed by atoms with Gasteiger partial charge in [-0.25, -0.2) is 13.4 Å². The highest BCUT2D eigenvalue weighted by Gasteiger charge is 2.29. The number of hydrogen-bond acceptors (Lipinski definition) is 5. The van der Waals surface area contributed by atoms with Gasteiger partial charge in [-0.1, -0.05) is 18.2 Å². The van der Waals surface area contributed by atoms with E-state index in [2.05, 4.69) is 10.3 Å². The van der Waals surface area contributed by atoms with Gasteiger partial charge in [-0.05, 0) is 49.7 Å². The third kappa shape index (κ3) is 5.43. The Hall–Kier alpha value is -3.33. The van der Waals surface area contributed by atoms with Crippen molar-refractivity contribution >= 4 is 21.6 Å². The van der Waals surface area contributed by atoms with Crippen molar-refractivity contribution in [3.8, 4) is 11.4 Å². The zero-order valence-corrected chi connectivity index (χ0v) is 18.5. The van der Waals surface area contributed by atoms with Crippen molar-refractivity contribution in [1.29, 1.82) is 0 Å². The highest BCUT2D eigenvalue weighted by molar-refractivity contribution is 7.92. The van der Waals surface area contributed by atoms with Crippen molar-refractivity contribution in [1.82, 2.24) is 14.9 Å². The number of para-hydroxylation sites is 1. The Morgan fingerprint density at radius 3 is 2.52 bits per heavy atom. The number of nitrogens with zero attached hydrogens (tertiary/aromatic N) is 3. The lowest BCUT2D eigenvalue weighted by Crippen LogP contribution is -2.47. The minimum atomic E-state index is -3.69. The third-order valence-electron chi connectivity index (χ3n) is 4.72. The number of aromatic nitrogens is 2. The smallest absolute Gasteiger partial charge is 0.243 e. The summed E-state index contributed by atoms with van der Waals surface area (Å²) in [5.74, 6) is 0.229. The average Bonchev–Trinajstić information content (AvgIpc) is 3.27. The number of ether oxygens (including phenoxy) is 1. The Kier molecular flexibility index (Phi) is 6.96. The van der Waals surface area contributed by atoms with Gasteiger partial charge in [-0.15, -0.1) is 0 Å². The summed E-state index contributed by atoms with van der Waals surface area (Å²) in [4.78, 5) is 16.9. The predicted octanol–water partition coefficient (Wildman–Crippen LogP) is 2.74. The molecule has 0 saturated heterocycles. The molecule has 0 spiro atoms. The van der Waals surface area contributed by atoms with E-state index >= 15 is 0 Å². The Morgan fingerprint density at radius 2 is 1.90 bits per heavy atom. The average molecular weight is 443 g/mol. The lowest BCUT2D eigenvalue weighted by atomic mass is 10.1. The Balaban J connectivity index is 1.77. The number of sulfonamides is 1. The number of rotatable bonds is 9. The number of benzene rings is 2. The molecule has 3 aromatic rings. The van der Waals surface area contributed by atoms with E-state index in [9.17, 15) is 13.2 Å². The highest BCUT2D eigenvalue weighted by atomic mass is 32.2. The molecule has 1 heterocycles. The SMILES string of the molecule is CCOc1ccc(N([C@H](C)C(=O)NCc2ccccc2-n2ccnc2)S(C)(=O)=O)cc1. The van der Waals surface area contributed by atoms with Crippen LogP contribution in [0.4, 0.5) is 5.69 Å². The minimum absolute atomic E-state index is 0.248.